The van der Waals surface area contributed by atoms with E-state index in [0.717, 1.165) is 22.3 Å². The molecule has 72 valence electrons. The minimum absolute atomic E-state index is 0.666. The molecule has 0 radical (unpaired) electrons. The molecule has 0 unspecified atom stereocenters. The van der Waals surface area contributed by atoms with Gasteiger partial charge in [0.05, 0.1) is 16.4 Å². The molecule has 2 aromatic heterocycles. The van der Waals surface area contributed by atoms with Crippen LogP contribution in [0.1, 0.15) is 6.92 Å². The van der Waals surface area contributed by atoms with Gasteiger partial charge in [0.2, 0.25) is 5.95 Å². The SMILES string of the molecule is C=C(C)CNc1ncc2sccc2n1. The number of hydrogen-bond donors (Lipinski definition) is 1. The highest BCUT2D eigenvalue weighted by Gasteiger charge is 1.99. The van der Waals surface area contributed by atoms with Crippen LogP contribution in [0.3, 0.4) is 0 Å². The smallest absolute Gasteiger partial charge is 0.223 e. The highest BCUT2D eigenvalue weighted by Crippen LogP contribution is 2.18. The second-order valence-corrected chi connectivity index (χ2v) is 4.12. The normalized spacial score (nSPS) is 10.4. The lowest BCUT2D eigenvalue weighted by atomic mass is 10.3. The predicted molar refractivity (Wildman–Crippen MR) is 60.7 cm³/mol. The molecule has 14 heavy (non-hydrogen) atoms. The van der Waals surface area contributed by atoms with E-state index in [4.69, 9.17) is 0 Å². The molecule has 0 aliphatic carbocycles. The first-order valence-corrected chi connectivity index (χ1v) is 5.22. The van der Waals surface area contributed by atoms with Crippen LogP contribution < -0.4 is 5.32 Å². The Bertz CT molecular complexity index is 461. The number of fused-ring (bicyclic) bond motifs is 1. The van der Waals surface area contributed by atoms with Crippen molar-refractivity contribution in [1.82, 2.24) is 9.97 Å². The third kappa shape index (κ3) is 1.90. The molecule has 0 fully saturated rings. The number of nitrogens with one attached hydrogen (secondary N) is 1. The summed E-state index contributed by atoms with van der Waals surface area (Å²) in [6.45, 7) is 6.49. The molecule has 0 aromatic carbocycles. The molecule has 0 aliphatic rings. The van der Waals surface area contributed by atoms with E-state index in [2.05, 4.69) is 21.9 Å². The third-order valence-electron chi connectivity index (χ3n) is 1.75. The Kier molecular flexibility index (Phi) is 2.45. The molecule has 0 bridgehead atoms. The first-order valence-electron chi connectivity index (χ1n) is 4.34. The van der Waals surface area contributed by atoms with E-state index in [1.807, 2.05) is 24.6 Å². The van der Waals surface area contributed by atoms with E-state index in [0.29, 0.717) is 5.95 Å². The molecule has 3 nitrogen and oxygen atoms in total. The number of nitrogens with zero attached hydrogens (tertiary/aromatic N) is 2. The fraction of sp³-hybridized carbons (Fsp3) is 0.200. The van der Waals surface area contributed by atoms with Gasteiger partial charge in [-0.1, -0.05) is 12.2 Å². The van der Waals surface area contributed by atoms with Crippen molar-refractivity contribution in [3.63, 3.8) is 0 Å². The molecule has 2 heterocycles. The van der Waals surface area contributed by atoms with Gasteiger partial charge in [-0.2, -0.15) is 0 Å². The van der Waals surface area contributed by atoms with Gasteiger partial charge in [-0.25, -0.2) is 9.97 Å². The van der Waals surface area contributed by atoms with E-state index >= 15 is 0 Å². The van der Waals surface area contributed by atoms with Crippen LogP contribution in [0.25, 0.3) is 10.2 Å². The van der Waals surface area contributed by atoms with Crippen LogP contribution in [0.15, 0.2) is 29.8 Å². The molecule has 2 rings (SSSR count). The summed E-state index contributed by atoms with van der Waals surface area (Å²) in [5.41, 5.74) is 2.06. The Labute approximate surface area is 86.5 Å². The Morgan fingerprint density at radius 1 is 1.64 bits per heavy atom. The maximum atomic E-state index is 4.35. The monoisotopic (exact) mass is 205 g/mol. The highest BCUT2D eigenvalue weighted by atomic mass is 32.1. The van der Waals surface area contributed by atoms with Crippen LogP contribution in [-0.4, -0.2) is 16.5 Å². The van der Waals surface area contributed by atoms with E-state index in [-0.39, 0.29) is 0 Å². The predicted octanol–water partition coefficient (Wildman–Crippen LogP) is 2.68. The fourth-order valence-electron chi connectivity index (χ4n) is 1.08. The quantitative estimate of drug-likeness (QED) is 0.783. The Morgan fingerprint density at radius 3 is 3.29 bits per heavy atom. The van der Waals surface area contributed by atoms with E-state index in [1.165, 1.54) is 0 Å². The van der Waals surface area contributed by atoms with Gasteiger partial charge in [-0.05, 0) is 18.4 Å². The second-order valence-electron chi connectivity index (χ2n) is 3.17. The Hall–Kier alpha value is -1.42. The number of aromatic nitrogens is 2. The van der Waals surface area contributed by atoms with Gasteiger partial charge in [0.1, 0.15) is 0 Å². The first-order chi connectivity index (χ1) is 6.75. The number of thiophene rings is 1. The van der Waals surface area contributed by atoms with Crippen molar-refractivity contribution < 1.29 is 0 Å². The molecular formula is C10H11N3S. The first kappa shape index (κ1) is 9.15. The lowest BCUT2D eigenvalue weighted by Gasteiger charge is -2.02. The summed E-state index contributed by atoms with van der Waals surface area (Å²) in [6.07, 6.45) is 1.84. The van der Waals surface area contributed by atoms with Gasteiger partial charge in [0, 0.05) is 6.54 Å². The zero-order chi connectivity index (χ0) is 9.97. The molecule has 4 heteroatoms. The number of anilines is 1. The van der Waals surface area contributed by atoms with Crippen LogP contribution in [0, 0.1) is 0 Å². The van der Waals surface area contributed by atoms with Crippen LogP contribution in [0.2, 0.25) is 0 Å². The molecule has 0 atom stereocenters. The van der Waals surface area contributed by atoms with Gasteiger partial charge in [-0.15, -0.1) is 11.3 Å². The molecule has 0 aliphatic heterocycles. The van der Waals surface area contributed by atoms with E-state index in [1.54, 1.807) is 11.3 Å². The topological polar surface area (TPSA) is 37.8 Å². The van der Waals surface area contributed by atoms with Crippen molar-refractivity contribution in [2.45, 2.75) is 6.92 Å². The minimum atomic E-state index is 0.666. The Morgan fingerprint density at radius 2 is 2.50 bits per heavy atom. The maximum Gasteiger partial charge on any atom is 0.223 e. The second kappa shape index (κ2) is 3.75. The van der Waals surface area contributed by atoms with Crippen molar-refractivity contribution in [2.75, 3.05) is 11.9 Å². The summed E-state index contributed by atoms with van der Waals surface area (Å²) in [5, 5.41) is 5.12. The summed E-state index contributed by atoms with van der Waals surface area (Å²) < 4.78 is 1.12. The third-order valence-corrected chi connectivity index (χ3v) is 2.59. The molecule has 0 spiro atoms. The molecule has 0 saturated heterocycles. The minimum Gasteiger partial charge on any atom is -0.350 e. The van der Waals surface area contributed by atoms with Gasteiger partial charge < -0.3 is 5.32 Å². The van der Waals surface area contributed by atoms with Crippen molar-refractivity contribution in [3.05, 3.63) is 29.8 Å². The van der Waals surface area contributed by atoms with Crippen LogP contribution in [0.4, 0.5) is 5.95 Å². The van der Waals surface area contributed by atoms with Crippen molar-refractivity contribution in [1.29, 1.82) is 0 Å². The molecule has 0 saturated carbocycles. The van der Waals surface area contributed by atoms with Gasteiger partial charge in [0.25, 0.3) is 0 Å². The van der Waals surface area contributed by atoms with Crippen LogP contribution >= 0.6 is 11.3 Å². The summed E-state index contributed by atoms with van der Waals surface area (Å²) in [7, 11) is 0. The lowest BCUT2D eigenvalue weighted by Crippen LogP contribution is -2.05. The molecule has 2 aromatic rings. The van der Waals surface area contributed by atoms with Crippen molar-refractivity contribution in [2.24, 2.45) is 0 Å². The van der Waals surface area contributed by atoms with E-state index in [9.17, 15) is 0 Å². The number of rotatable bonds is 3. The maximum absolute atomic E-state index is 4.35. The zero-order valence-electron chi connectivity index (χ0n) is 7.95. The standard InChI is InChI=1S/C10H11N3S/c1-7(2)5-11-10-12-6-9-8(13-10)3-4-14-9/h3-4,6H,1,5H2,2H3,(H,11,12,13). The van der Waals surface area contributed by atoms with Crippen molar-refractivity contribution in [3.8, 4) is 0 Å². The largest absolute Gasteiger partial charge is 0.350 e. The Balaban J connectivity index is 2.21. The van der Waals surface area contributed by atoms with Gasteiger partial charge in [-0.3, -0.25) is 0 Å². The molecule has 0 amide bonds. The summed E-state index contributed by atoms with van der Waals surface area (Å²) in [6, 6.07) is 1.99. The number of hydrogen-bond acceptors (Lipinski definition) is 4. The summed E-state index contributed by atoms with van der Waals surface area (Å²) >= 11 is 1.65. The zero-order valence-corrected chi connectivity index (χ0v) is 8.77. The van der Waals surface area contributed by atoms with Crippen molar-refractivity contribution >= 4 is 27.5 Å². The average Bonchev–Trinajstić information content (AvgIpc) is 2.61. The summed E-state index contributed by atoms with van der Waals surface area (Å²) in [5.74, 6) is 0.666. The highest BCUT2D eigenvalue weighted by molar-refractivity contribution is 7.17. The van der Waals surface area contributed by atoms with Crippen LogP contribution in [0.5, 0.6) is 0 Å². The average molecular weight is 205 g/mol. The van der Waals surface area contributed by atoms with E-state index < -0.39 is 0 Å². The van der Waals surface area contributed by atoms with Crippen LogP contribution in [-0.2, 0) is 0 Å². The fourth-order valence-corrected chi connectivity index (χ4v) is 1.77. The molecule has 1 N–H and O–H groups in total. The van der Waals surface area contributed by atoms with Gasteiger partial charge >= 0.3 is 0 Å². The molecular weight excluding hydrogens is 194 g/mol. The van der Waals surface area contributed by atoms with Gasteiger partial charge in [0.15, 0.2) is 0 Å². The summed E-state index contributed by atoms with van der Waals surface area (Å²) in [4.78, 5) is 8.55. The lowest BCUT2D eigenvalue weighted by molar-refractivity contribution is 1.12.